The molecule has 2 fully saturated rings. The summed E-state index contributed by atoms with van der Waals surface area (Å²) >= 11 is 2.31. The predicted octanol–water partition coefficient (Wildman–Crippen LogP) is 1.12. The maximum Gasteiger partial charge on any atom is 0.240 e. The number of hydrogen-bond donors (Lipinski definition) is 2. The average molecular weight is 366 g/mol. The Morgan fingerprint density at radius 1 is 1.17 bits per heavy atom. The Bertz CT molecular complexity index is 764. The summed E-state index contributed by atoms with van der Waals surface area (Å²) in [5, 5.41) is 12.8. The van der Waals surface area contributed by atoms with Gasteiger partial charge in [-0.2, -0.15) is 0 Å². The van der Waals surface area contributed by atoms with Crippen LogP contribution in [0.3, 0.4) is 0 Å². The number of amidine groups is 2. The van der Waals surface area contributed by atoms with Gasteiger partial charge in [0.1, 0.15) is 5.82 Å². The Kier molecular flexibility index (Phi) is 4.95. The number of hydrogen-bond acceptors (Lipinski definition) is 7. The van der Waals surface area contributed by atoms with Gasteiger partial charge in [0.05, 0.1) is 11.0 Å². The molecule has 1 unspecified atom stereocenters. The van der Waals surface area contributed by atoms with E-state index in [4.69, 9.17) is 0 Å². The molecule has 24 heavy (non-hydrogen) atoms. The van der Waals surface area contributed by atoms with Crippen LogP contribution in [-0.2, 0) is 9.59 Å². The third kappa shape index (κ3) is 4.01. The number of Topliss-reactive ketones (excluding diaryl/α,β-unsaturated/α-hetero) is 1. The van der Waals surface area contributed by atoms with Gasteiger partial charge in [0.25, 0.3) is 0 Å². The van der Waals surface area contributed by atoms with Crippen LogP contribution in [0.2, 0.25) is 0 Å². The minimum Gasteiger partial charge on any atom is -0.303 e. The van der Waals surface area contributed by atoms with E-state index in [9.17, 15) is 18.8 Å². The SMILES string of the molecule is O=C1CSC(=NN=C2NC(=O)C(CC(=O)c3ccc(F)cc3)S2)N1. The lowest BCUT2D eigenvalue weighted by Gasteiger charge is -2.04. The topological polar surface area (TPSA) is 100.0 Å². The smallest absolute Gasteiger partial charge is 0.240 e. The summed E-state index contributed by atoms with van der Waals surface area (Å²) in [7, 11) is 0. The van der Waals surface area contributed by atoms with Gasteiger partial charge in [-0.05, 0) is 24.3 Å². The van der Waals surface area contributed by atoms with E-state index in [1.807, 2.05) is 0 Å². The summed E-state index contributed by atoms with van der Waals surface area (Å²) in [6, 6.07) is 5.17. The van der Waals surface area contributed by atoms with Crippen molar-refractivity contribution < 1.29 is 18.8 Å². The Hall–Kier alpha value is -2.20. The average Bonchev–Trinajstić information content (AvgIpc) is 3.12. The Labute approximate surface area is 144 Å². The van der Waals surface area contributed by atoms with Crippen molar-refractivity contribution in [2.24, 2.45) is 10.2 Å². The second-order valence-corrected chi connectivity index (χ2v) is 7.03. The molecular formula is C14H11FN4O3S2. The summed E-state index contributed by atoms with van der Waals surface area (Å²) in [4.78, 5) is 35.1. The van der Waals surface area contributed by atoms with Crippen LogP contribution >= 0.6 is 23.5 Å². The number of carbonyl (C=O) groups excluding carboxylic acids is 3. The van der Waals surface area contributed by atoms with E-state index >= 15 is 0 Å². The van der Waals surface area contributed by atoms with E-state index in [1.165, 1.54) is 36.0 Å². The molecule has 0 radical (unpaired) electrons. The lowest BCUT2D eigenvalue weighted by Crippen LogP contribution is -2.26. The van der Waals surface area contributed by atoms with Crippen LogP contribution in [0, 0.1) is 5.82 Å². The number of benzene rings is 1. The van der Waals surface area contributed by atoms with Gasteiger partial charge in [-0.25, -0.2) is 4.39 Å². The maximum absolute atomic E-state index is 12.9. The zero-order chi connectivity index (χ0) is 17.1. The largest absolute Gasteiger partial charge is 0.303 e. The summed E-state index contributed by atoms with van der Waals surface area (Å²) in [5.41, 5.74) is 0.348. The molecule has 1 atom stereocenters. The molecule has 10 heteroatoms. The Morgan fingerprint density at radius 2 is 1.88 bits per heavy atom. The zero-order valence-corrected chi connectivity index (χ0v) is 13.7. The van der Waals surface area contributed by atoms with E-state index in [2.05, 4.69) is 20.8 Å². The van der Waals surface area contributed by atoms with Gasteiger partial charge in [0.2, 0.25) is 11.8 Å². The second-order valence-electron chi connectivity index (χ2n) is 4.88. The number of ketones is 1. The van der Waals surface area contributed by atoms with Crippen LogP contribution in [0.1, 0.15) is 16.8 Å². The van der Waals surface area contributed by atoms with Crippen LogP contribution in [0.15, 0.2) is 34.5 Å². The van der Waals surface area contributed by atoms with Gasteiger partial charge in [0, 0.05) is 12.0 Å². The number of nitrogens with one attached hydrogen (secondary N) is 2. The maximum atomic E-state index is 12.9. The van der Waals surface area contributed by atoms with Crippen molar-refractivity contribution in [2.75, 3.05) is 5.75 Å². The number of halogens is 1. The van der Waals surface area contributed by atoms with Crippen molar-refractivity contribution in [3.63, 3.8) is 0 Å². The number of amides is 2. The lowest BCUT2D eigenvalue weighted by atomic mass is 10.1. The van der Waals surface area contributed by atoms with Gasteiger partial charge in [-0.3, -0.25) is 14.4 Å². The Balaban J connectivity index is 1.61. The quantitative estimate of drug-likeness (QED) is 0.614. The fourth-order valence-electron chi connectivity index (χ4n) is 1.98. The molecule has 2 saturated heterocycles. The molecule has 1 aromatic carbocycles. The van der Waals surface area contributed by atoms with Crippen LogP contribution in [0.5, 0.6) is 0 Å². The minimum absolute atomic E-state index is 0.0246. The Morgan fingerprint density at radius 3 is 2.54 bits per heavy atom. The third-order valence-corrected chi connectivity index (χ3v) is 5.07. The summed E-state index contributed by atoms with van der Waals surface area (Å²) in [6.45, 7) is 0. The molecule has 0 bridgehead atoms. The van der Waals surface area contributed by atoms with E-state index < -0.39 is 11.1 Å². The number of nitrogens with zero attached hydrogens (tertiary/aromatic N) is 2. The minimum atomic E-state index is -0.618. The fourth-order valence-corrected chi connectivity index (χ4v) is 3.52. The monoisotopic (exact) mass is 366 g/mol. The van der Waals surface area contributed by atoms with Crippen molar-refractivity contribution in [1.29, 1.82) is 0 Å². The first kappa shape index (κ1) is 16.7. The molecule has 2 aliphatic rings. The number of rotatable bonds is 4. The predicted molar refractivity (Wildman–Crippen MR) is 90.3 cm³/mol. The van der Waals surface area contributed by atoms with Gasteiger partial charge in [-0.1, -0.05) is 23.5 Å². The normalized spacial score (nSPS) is 23.6. The number of thioether (sulfide) groups is 2. The molecule has 2 N–H and O–H groups in total. The van der Waals surface area contributed by atoms with Crippen LogP contribution in [-0.4, -0.2) is 38.9 Å². The van der Waals surface area contributed by atoms with Crippen molar-refractivity contribution in [2.45, 2.75) is 11.7 Å². The van der Waals surface area contributed by atoms with E-state index in [0.717, 1.165) is 11.8 Å². The molecule has 124 valence electrons. The lowest BCUT2D eigenvalue weighted by molar-refractivity contribution is -0.119. The molecule has 0 saturated carbocycles. The van der Waals surface area contributed by atoms with Crippen LogP contribution in [0.4, 0.5) is 4.39 Å². The summed E-state index contributed by atoms with van der Waals surface area (Å²) < 4.78 is 12.9. The molecule has 0 aliphatic carbocycles. The highest BCUT2D eigenvalue weighted by Gasteiger charge is 2.32. The molecule has 2 amide bonds. The van der Waals surface area contributed by atoms with Gasteiger partial charge in [-0.15, -0.1) is 10.2 Å². The van der Waals surface area contributed by atoms with E-state index in [-0.39, 0.29) is 34.9 Å². The molecule has 0 aromatic heterocycles. The third-order valence-electron chi connectivity index (χ3n) is 3.13. The molecular weight excluding hydrogens is 355 g/mol. The van der Waals surface area contributed by atoms with Gasteiger partial charge in [0.15, 0.2) is 16.1 Å². The molecule has 7 nitrogen and oxygen atoms in total. The first-order valence-corrected chi connectivity index (χ1v) is 8.72. The second kappa shape index (κ2) is 7.14. The van der Waals surface area contributed by atoms with Crippen molar-refractivity contribution in [1.82, 2.24) is 10.6 Å². The zero-order valence-electron chi connectivity index (χ0n) is 12.1. The highest BCUT2D eigenvalue weighted by atomic mass is 32.2. The highest BCUT2D eigenvalue weighted by Crippen LogP contribution is 2.24. The van der Waals surface area contributed by atoms with E-state index in [1.54, 1.807) is 0 Å². The first-order chi connectivity index (χ1) is 11.5. The van der Waals surface area contributed by atoms with E-state index in [0.29, 0.717) is 10.7 Å². The standard InChI is InChI=1S/C14H11FN4O3S2/c15-8-3-1-7(2-4-8)9(20)5-10-12(22)17-14(24-10)19-18-13-16-11(21)6-23-13/h1-4,10H,5-6H2,(H,16,18,21)(H,17,19,22). The summed E-state index contributed by atoms with van der Waals surface area (Å²) in [5.74, 6) is -0.876. The van der Waals surface area contributed by atoms with Crippen LogP contribution in [0.25, 0.3) is 0 Å². The molecule has 2 aliphatic heterocycles. The van der Waals surface area contributed by atoms with Gasteiger partial charge >= 0.3 is 0 Å². The van der Waals surface area contributed by atoms with Crippen LogP contribution < -0.4 is 10.6 Å². The van der Waals surface area contributed by atoms with Crippen molar-refractivity contribution in [3.8, 4) is 0 Å². The number of carbonyl (C=O) groups is 3. The van der Waals surface area contributed by atoms with Crippen molar-refractivity contribution >= 4 is 51.5 Å². The molecule has 2 heterocycles. The fraction of sp³-hybridized carbons (Fsp3) is 0.214. The molecule has 0 spiro atoms. The molecule has 3 rings (SSSR count). The summed E-state index contributed by atoms with van der Waals surface area (Å²) in [6.07, 6.45) is -0.0246. The molecule has 1 aromatic rings. The first-order valence-electron chi connectivity index (χ1n) is 6.86. The highest BCUT2D eigenvalue weighted by molar-refractivity contribution is 8.15. The van der Waals surface area contributed by atoms with Gasteiger partial charge < -0.3 is 10.6 Å². The van der Waals surface area contributed by atoms with Crippen molar-refractivity contribution in [3.05, 3.63) is 35.6 Å².